The number of aromatic carboxylic acids is 1. The molecule has 2 aromatic carbocycles. The number of carbonyl (C=O) groups excluding carboxylic acids is 1. The number of hydrogen-bond acceptors (Lipinski definition) is 2. The molecule has 0 saturated carbocycles. The van der Waals surface area contributed by atoms with Crippen LogP contribution in [0.5, 0.6) is 0 Å². The maximum atomic E-state index is 12.0. The lowest BCUT2D eigenvalue weighted by atomic mass is 10.1. The first-order chi connectivity index (χ1) is 10.9. The summed E-state index contributed by atoms with van der Waals surface area (Å²) in [4.78, 5) is 23.2. The largest absolute Gasteiger partial charge is 0.478 e. The minimum absolute atomic E-state index is 0.0814. The van der Waals surface area contributed by atoms with E-state index in [0.717, 1.165) is 16.7 Å². The van der Waals surface area contributed by atoms with Crippen molar-refractivity contribution in [2.75, 3.05) is 5.32 Å². The molecular formula is C19H19NO3. The molecule has 0 radical (unpaired) electrons. The molecule has 0 spiro atoms. The second kappa shape index (κ2) is 6.92. The molecule has 0 unspecified atom stereocenters. The van der Waals surface area contributed by atoms with E-state index in [-0.39, 0.29) is 17.2 Å². The molecule has 23 heavy (non-hydrogen) atoms. The van der Waals surface area contributed by atoms with Crippen LogP contribution in [-0.4, -0.2) is 17.0 Å². The number of aryl methyl sites for hydroxylation is 3. The van der Waals surface area contributed by atoms with Gasteiger partial charge in [-0.15, -0.1) is 0 Å². The molecule has 0 aliphatic heterocycles. The number of carboxylic acid groups (broad SMARTS) is 1. The highest BCUT2D eigenvalue weighted by atomic mass is 16.4. The number of anilines is 1. The summed E-state index contributed by atoms with van der Waals surface area (Å²) >= 11 is 0. The van der Waals surface area contributed by atoms with Gasteiger partial charge >= 0.3 is 5.97 Å². The Kier molecular flexibility index (Phi) is 4.96. The standard InChI is InChI=1S/C19H19NO3/c1-12-4-8-17(16(10-12)19(22)23)20-18(21)9-7-15-6-5-13(2)14(3)11-15/h4-11H,1-3H3,(H,20,21)(H,22,23)/b9-7+. The lowest BCUT2D eigenvalue weighted by molar-refractivity contribution is -0.111. The van der Waals surface area contributed by atoms with Crippen LogP contribution in [0.3, 0.4) is 0 Å². The molecule has 0 bridgehead atoms. The van der Waals surface area contributed by atoms with Gasteiger partial charge in [0.1, 0.15) is 0 Å². The van der Waals surface area contributed by atoms with Crippen LogP contribution >= 0.6 is 0 Å². The van der Waals surface area contributed by atoms with Crippen molar-refractivity contribution < 1.29 is 14.7 Å². The summed E-state index contributed by atoms with van der Waals surface area (Å²) in [5, 5.41) is 11.8. The van der Waals surface area contributed by atoms with Crippen LogP contribution in [0.25, 0.3) is 6.08 Å². The highest BCUT2D eigenvalue weighted by Crippen LogP contribution is 2.18. The number of hydrogen-bond donors (Lipinski definition) is 2. The number of carboxylic acids is 1. The molecule has 2 N–H and O–H groups in total. The number of benzene rings is 2. The van der Waals surface area contributed by atoms with Crippen molar-refractivity contribution in [1.82, 2.24) is 0 Å². The zero-order chi connectivity index (χ0) is 17.0. The third-order valence-electron chi connectivity index (χ3n) is 3.62. The minimum Gasteiger partial charge on any atom is -0.478 e. The van der Waals surface area contributed by atoms with E-state index < -0.39 is 5.97 Å². The second-order valence-corrected chi connectivity index (χ2v) is 5.52. The van der Waals surface area contributed by atoms with Crippen molar-refractivity contribution in [3.63, 3.8) is 0 Å². The normalized spacial score (nSPS) is 10.7. The molecule has 0 saturated heterocycles. The monoisotopic (exact) mass is 309 g/mol. The summed E-state index contributed by atoms with van der Waals surface area (Å²) in [6.07, 6.45) is 3.10. The SMILES string of the molecule is Cc1ccc(NC(=O)/C=C/c2ccc(C)c(C)c2)c(C(=O)O)c1. The Hall–Kier alpha value is -2.88. The first-order valence-electron chi connectivity index (χ1n) is 7.27. The fraction of sp³-hybridized carbons (Fsp3) is 0.158. The number of carbonyl (C=O) groups is 2. The molecule has 1 amide bonds. The van der Waals surface area contributed by atoms with E-state index in [1.54, 1.807) is 25.1 Å². The number of rotatable bonds is 4. The van der Waals surface area contributed by atoms with E-state index in [1.165, 1.54) is 17.7 Å². The first-order valence-corrected chi connectivity index (χ1v) is 7.27. The average Bonchev–Trinajstić information content (AvgIpc) is 2.50. The molecular weight excluding hydrogens is 290 g/mol. The van der Waals surface area contributed by atoms with Crippen molar-refractivity contribution in [2.24, 2.45) is 0 Å². The van der Waals surface area contributed by atoms with Crippen LogP contribution in [-0.2, 0) is 4.79 Å². The third kappa shape index (κ3) is 4.30. The first kappa shape index (κ1) is 16.5. The van der Waals surface area contributed by atoms with Gasteiger partial charge in [-0.25, -0.2) is 4.79 Å². The van der Waals surface area contributed by atoms with Crippen molar-refractivity contribution in [2.45, 2.75) is 20.8 Å². The average molecular weight is 309 g/mol. The Labute approximate surface area is 135 Å². The molecule has 2 rings (SSSR count). The van der Waals surface area contributed by atoms with Gasteiger partial charge in [-0.05, 0) is 55.7 Å². The molecule has 4 nitrogen and oxygen atoms in total. The van der Waals surface area contributed by atoms with E-state index in [2.05, 4.69) is 5.32 Å². The molecule has 0 aromatic heterocycles. The molecule has 0 fully saturated rings. The van der Waals surface area contributed by atoms with Gasteiger partial charge in [0.25, 0.3) is 0 Å². The minimum atomic E-state index is -1.07. The summed E-state index contributed by atoms with van der Waals surface area (Å²) in [5.41, 5.74) is 4.46. The highest BCUT2D eigenvalue weighted by molar-refractivity contribution is 6.06. The second-order valence-electron chi connectivity index (χ2n) is 5.52. The Balaban J connectivity index is 2.15. The number of nitrogens with one attached hydrogen (secondary N) is 1. The predicted molar refractivity (Wildman–Crippen MR) is 91.7 cm³/mol. The Morgan fingerprint density at radius 2 is 1.74 bits per heavy atom. The van der Waals surface area contributed by atoms with Gasteiger partial charge in [0.2, 0.25) is 5.91 Å². The van der Waals surface area contributed by atoms with Gasteiger partial charge < -0.3 is 10.4 Å². The maximum Gasteiger partial charge on any atom is 0.337 e. The summed E-state index contributed by atoms with van der Waals surface area (Å²) in [5.74, 6) is -1.43. The van der Waals surface area contributed by atoms with E-state index in [4.69, 9.17) is 0 Å². The van der Waals surface area contributed by atoms with Crippen molar-refractivity contribution in [3.05, 3.63) is 70.3 Å². The topological polar surface area (TPSA) is 66.4 Å². The van der Waals surface area contributed by atoms with Crippen molar-refractivity contribution in [1.29, 1.82) is 0 Å². The molecule has 118 valence electrons. The summed E-state index contributed by atoms with van der Waals surface area (Å²) in [6, 6.07) is 10.8. The Morgan fingerprint density at radius 3 is 2.39 bits per heavy atom. The molecule has 0 atom stereocenters. The van der Waals surface area contributed by atoms with Crippen LogP contribution in [0.1, 0.15) is 32.6 Å². The van der Waals surface area contributed by atoms with Crippen LogP contribution in [0, 0.1) is 20.8 Å². The van der Waals surface area contributed by atoms with Gasteiger partial charge in [0, 0.05) is 6.08 Å². The fourth-order valence-electron chi connectivity index (χ4n) is 2.16. The van der Waals surface area contributed by atoms with Crippen molar-refractivity contribution >= 4 is 23.6 Å². The van der Waals surface area contributed by atoms with E-state index in [0.29, 0.717) is 0 Å². The van der Waals surface area contributed by atoms with Crippen LogP contribution in [0.2, 0.25) is 0 Å². The predicted octanol–water partition coefficient (Wildman–Crippen LogP) is 3.96. The quantitative estimate of drug-likeness (QED) is 0.840. The Bertz CT molecular complexity index is 791. The van der Waals surface area contributed by atoms with E-state index in [1.807, 2.05) is 32.0 Å². The van der Waals surface area contributed by atoms with Gasteiger partial charge in [-0.1, -0.05) is 29.8 Å². The van der Waals surface area contributed by atoms with Gasteiger partial charge in [0.15, 0.2) is 0 Å². The van der Waals surface area contributed by atoms with Crippen LogP contribution in [0.15, 0.2) is 42.5 Å². The highest BCUT2D eigenvalue weighted by Gasteiger charge is 2.11. The van der Waals surface area contributed by atoms with Crippen molar-refractivity contribution in [3.8, 4) is 0 Å². The zero-order valence-electron chi connectivity index (χ0n) is 13.4. The summed E-state index contributed by atoms with van der Waals surface area (Å²) in [6.45, 7) is 5.84. The Morgan fingerprint density at radius 1 is 1.00 bits per heavy atom. The third-order valence-corrected chi connectivity index (χ3v) is 3.62. The van der Waals surface area contributed by atoms with Crippen LogP contribution < -0.4 is 5.32 Å². The van der Waals surface area contributed by atoms with Crippen LogP contribution in [0.4, 0.5) is 5.69 Å². The summed E-state index contributed by atoms with van der Waals surface area (Å²) in [7, 11) is 0. The van der Waals surface area contributed by atoms with E-state index >= 15 is 0 Å². The maximum absolute atomic E-state index is 12.0. The molecule has 0 aliphatic rings. The zero-order valence-corrected chi connectivity index (χ0v) is 13.4. The van der Waals surface area contributed by atoms with Gasteiger partial charge in [-0.3, -0.25) is 4.79 Å². The number of amides is 1. The molecule has 0 aliphatic carbocycles. The molecule has 2 aromatic rings. The fourth-order valence-corrected chi connectivity index (χ4v) is 2.16. The van der Waals surface area contributed by atoms with Gasteiger partial charge in [0.05, 0.1) is 11.3 Å². The summed E-state index contributed by atoms with van der Waals surface area (Å²) < 4.78 is 0. The smallest absolute Gasteiger partial charge is 0.337 e. The molecule has 0 heterocycles. The lowest BCUT2D eigenvalue weighted by Crippen LogP contribution is -2.12. The van der Waals surface area contributed by atoms with Gasteiger partial charge in [-0.2, -0.15) is 0 Å². The van der Waals surface area contributed by atoms with E-state index in [9.17, 15) is 14.7 Å². The lowest BCUT2D eigenvalue weighted by Gasteiger charge is -2.07. The molecule has 4 heteroatoms.